The van der Waals surface area contributed by atoms with Gasteiger partial charge in [0.1, 0.15) is 0 Å². The number of nitrogens with one attached hydrogen (secondary N) is 2. The molecule has 150 valence electrons. The fourth-order valence-corrected chi connectivity index (χ4v) is 3.98. The summed E-state index contributed by atoms with van der Waals surface area (Å²) in [6, 6.07) is 0.657. The third-order valence-corrected chi connectivity index (χ3v) is 5.63. The first-order valence-corrected chi connectivity index (χ1v) is 10.3. The summed E-state index contributed by atoms with van der Waals surface area (Å²) < 4.78 is 17.2. The van der Waals surface area contributed by atoms with Gasteiger partial charge in [0.05, 0.1) is 12.7 Å². The molecule has 3 aliphatic heterocycles. The van der Waals surface area contributed by atoms with Crippen LogP contribution in [0.25, 0.3) is 0 Å². The highest BCUT2D eigenvalue weighted by Crippen LogP contribution is 2.22. The fourth-order valence-electron chi connectivity index (χ4n) is 3.98. The van der Waals surface area contributed by atoms with Crippen molar-refractivity contribution in [1.82, 2.24) is 15.5 Å². The first-order chi connectivity index (χ1) is 12.8. The summed E-state index contributed by atoms with van der Waals surface area (Å²) in [6.07, 6.45) is 6.12. The molecular weight excluding hydrogens is 332 g/mol. The number of fused-ring (bicyclic) bond motifs is 1. The van der Waals surface area contributed by atoms with Crippen molar-refractivity contribution >= 4 is 5.96 Å². The average molecular weight is 369 g/mol. The Balaban J connectivity index is 1.21. The highest BCUT2D eigenvalue weighted by atomic mass is 16.5. The van der Waals surface area contributed by atoms with E-state index < -0.39 is 0 Å². The van der Waals surface area contributed by atoms with Gasteiger partial charge in [-0.2, -0.15) is 0 Å². The zero-order valence-corrected chi connectivity index (χ0v) is 16.3. The van der Waals surface area contributed by atoms with Crippen LogP contribution in [0.3, 0.4) is 0 Å². The molecule has 0 aliphatic carbocycles. The monoisotopic (exact) mass is 368 g/mol. The summed E-state index contributed by atoms with van der Waals surface area (Å²) in [7, 11) is 1.81. The predicted molar refractivity (Wildman–Crippen MR) is 103 cm³/mol. The molecule has 3 heterocycles. The van der Waals surface area contributed by atoms with Crippen LogP contribution in [0.2, 0.25) is 0 Å². The largest absolute Gasteiger partial charge is 0.381 e. The van der Waals surface area contributed by atoms with Gasteiger partial charge in [-0.1, -0.05) is 0 Å². The maximum atomic E-state index is 5.99. The van der Waals surface area contributed by atoms with Crippen molar-refractivity contribution in [2.45, 2.75) is 44.2 Å². The van der Waals surface area contributed by atoms with Crippen LogP contribution in [-0.2, 0) is 14.2 Å². The topological polar surface area (TPSA) is 67.4 Å². The lowest BCUT2D eigenvalue weighted by molar-refractivity contribution is -0.0453. The molecule has 0 amide bonds. The van der Waals surface area contributed by atoms with Gasteiger partial charge in [0.25, 0.3) is 0 Å². The number of hydrogen-bond donors (Lipinski definition) is 2. The van der Waals surface area contributed by atoms with E-state index in [9.17, 15) is 0 Å². The smallest absolute Gasteiger partial charge is 0.191 e. The van der Waals surface area contributed by atoms with E-state index in [1.807, 2.05) is 7.05 Å². The van der Waals surface area contributed by atoms with Crippen molar-refractivity contribution in [2.24, 2.45) is 10.9 Å². The molecule has 2 N–H and O–H groups in total. The molecule has 3 rings (SSSR count). The summed E-state index contributed by atoms with van der Waals surface area (Å²) in [5.41, 5.74) is 0. The van der Waals surface area contributed by atoms with Crippen molar-refractivity contribution < 1.29 is 14.2 Å². The number of rotatable bonds is 8. The summed E-state index contributed by atoms with van der Waals surface area (Å²) in [4.78, 5) is 6.87. The number of aliphatic imine (C=N–C) groups is 1. The highest BCUT2D eigenvalue weighted by Gasteiger charge is 2.32. The van der Waals surface area contributed by atoms with E-state index >= 15 is 0 Å². The number of ether oxygens (including phenoxy) is 3. The van der Waals surface area contributed by atoms with E-state index in [1.165, 1.54) is 19.4 Å². The van der Waals surface area contributed by atoms with Crippen molar-refractivity contribution in [2.75, 3.05) is 66.3 Å². The minimum Gasteiger partial charge on any atom is -0.381 e. The van der Waals surface area contributed by atoms with Gasteiger partial charge in [0.2, 0.25) is 0 Å². The molecule has 7 nitrogen and oxygen atoms in total. The third kappa shape index (κ3) is 6.37. The zero-order chi connectivity index (χ0) is 18.0. The lowest BCUT2D eigenvalue weighted by Gasteiger charge is -2.35. The van der Waals surface area contributed by atoms with E-state index in [0.29, 0.717) is 12.0 Å². The molecule has 7 heteroatoms. The number of nitrogens with zero attached hydrogens (tertiary/aromatic N) is 2. The molecule has 3 aliphatic rings. The fraction of sp³-hybridized carbons (Fsp3) is 0.947. The standard InChI is InChI=1S/C19H36N4O3/c1-20-19(21-7-3-9-25-14-16-5-10-24-11-6-16)22-12-18-13-23-8-2-4-17(23)15-26-18/h16-18H,2-15H2,1H3,(H2,20,21,22). The Bertz CT molecular complexity index is 429. The number of morpholine rings is 1. The normalized spacial score (nSPS) is 28.1. The molecule has 3 saturated heterocycles. The minimum atomic E-state index is 0.255. The average Bonchev–Trinajstić information content (AvgIpc) is 3.15. The van der Waals surface area contributed by atoms with Crippen LogP contribution in [-0.4, -0.2) is 89.3 Å². The van der Waals surface area contributed by atoms with Crippen LogP contribution in [0.5, 0.6) is 0 Å². The predicted octanol–water partition coefficient (Wildman–Crippen LogP) is 0.848. The molecular formula is C19H36N4O3. The third-order valence-electron chi connectivity index (χ3n) is 5.63. The van der Waals surface area contributed by atoms with E-state index in [0.717, 1.165) is 77.9 Å². The molecule has 0 aromatic rings. The SMILES string of the molecule is CN=C(NCCCOCC1CCOCC1)NCC1CN2CCCC2CO1. The van der Waals surface area contributed by atoms with Gasteiger partial charge in [-0.3, -0.25) is 9.89 Å². The van der Waals surface area contributed by atoms with Gasteiger partial charge in [-0.25, -0.2) is 0 Å². The van der Waals surface area contributed by atoms with Crippen LogP contribution < -0.4 is 10.6 Å². The Hall–Kier alpha value is -0.890. The Labute approximate surface area is 157 Å². The maximum Gasteiger partial charge on any atom is 0.191 e. The Morgan fingerprint density at radius 2 is 2.12 bits per heavy atom. The summed E-state index contributed by atoms with van der Waals surface area (Å²) >= 11 is 0. The summed E-state index contributed by atoms with van der Waals surface area (Å²) in [6.45, 7) is 8.26. The van der Waals surface area contributed by atoms with Gasteiger partial charge in [-0.15, -0.1) is 0 Å². The Kier molecular flexibility index (Phi) is 8.45. The van der Waals surface area contributed by atoms with E-state index in [2.05, 4.69) is 20.5 Å². The van der Waals surface area contributed by atoms with E-state index in [1.54, 1.807) is 0 Å². The van der Waals surface area contributed by atoms with E-state index in [-0.39, 0.29) is 6.10 Å². The van der Waals surface area contributed by atoms with Crippen LogP contribution in [0, 0.1) is 5.92 Å². The van der Waals surface area contributed by atoms with Crippen LogP contribution in [0.4, 0.5) is 0 Å². The second kappa shape index (κ2) is 11.1. The van der Waals surface area contributed by atoms with Gasteiger partial charge in [-0.05, 0) is 44.6 Å². The maximum absolute atomic E-state index is 5.99. The van der Waals surface area contributed by atoms with Crippen LogP contribution in [0.15, 0.2) is 4.99 Å². The first-order valence-electron chi connectivity index (χ1n) is 10.3. The van der Waals surface area contributed by atoms with Crippen molar-refractivity contribution in [3.05, 3.63) is 0 Å². The molecule has 0 saturated carbocycles. The summed E-state index contributed by atoms with van der Waals surface area (Å²) in [5.74, 6) is 1.53. The van der Waals surface area contributed by atoms with Gasteiger partial charge >= 0.3 is 0 Å². The van der Waals surface area contributed by atoms with Gasteiger partial charge < -0.3 is 24.8 Å². The number of hydrogen-bond acceptors (Lipinski definition) is 5. The second-order valence-electron chi connectivity index (χ2n) is 7.61. The second-order valence-corrected chi connectivity index (χ2v) is 7.61. The molecule has 0 aromatic carbocycles. The molecule has 0 bridgehead atoms. The Morgan fingerprint density at radius 3 is 2.96 bits per heavy atom. The lowest BCUT2D eigenvalue weighted by atomic mass is 10.0. The highest BCUT2D eigenvalue weighted by molar-refractivity contribution is 5.79. The summed E-state index contributed by atoms with van der Waals surface area (Å²) in [5, 5.41) is 6.76. The number of guanidine groups is 1. The lowest BCUT2D eigenvalue weighted by Crippen LogP contribution is -2.51. The molecule has 3 fully saturated rings. The van der Waals surface area contributed by atoms with Gasteiger partial charge in [0.15, 0.2) is 5.96 Å². The molecule has 26 heavy (non-hydrogen) atoms. The van der Waals surface area contributed by atoms with Gasteiger partial charge in [0, 0.05) is 59.2 Å². The van der Waals surface area contributed by atoms with Crippen molar-refractivity contribution in [3.8, 4) is 0 Å². The molecule has 0 spiro atoms. The molecule has 0 radical (unpaired) electrons. The van der Waals surface area contributed by atoms with Crippen LogP contribution >= 0.6 is 0 Å². The molecule has 0 aromatic heterocycles. The molecule has 2 atom stereocenters. The molecule has 2 unspecified atom stereocenters. The van der Waals surface area contributed by atoms with Crippen LogP contribution in [0.1, 0.15) is 32.1 Å². The first kappa shape index (κ1) is 19.9. The van der Waals surface area contributed by atoms with Crippen molar-refractivity contribution in [1.29, 1.82) is 0 Å². The quantitative estimate of drug-likeness (QED) is 0.376. The minimum absolute atomic E-state index is 0.255. The zero-order valence-electron chi connectivity index (χ0n) is 16.3. The Morgan fingerprint density at radius 1 is 1.23 bits per heavy atom. The van der Waals surface area contributed by atoms with Crippen molar-refractivity contribution in [3.63, 3.8) is 0 Å². The van der Waals surface area contributed by atoms with E-state index in [4.69, 9.17) is 14.2 Å².